The number of nitrogens with zero attached hydrogens (tertiary/aromatic N) is 5. The van der Waals surface area contributed by atoms with E-state index in [4.69, 9.17) is 26.8 Å². The van der Waals surface area contributed by atoms with Crippen molar-refractivity contribution in [1.82, 2.24) is 25.3 Å². The standard InChI is InChI=1S/C54H57ClF2N8O6/c1-32-46-44(29-41(56)49(55)48(46)47-40(51(58)68)14-15-43(50(47)57)70-27-26-66)71-54(32,36-6-4-3-5-7-36)31-59-37-18-21-63(22-19-37)30-33-8-11-38(12-9-33)64-23-16-34(17-24-64)35-10-13-39-42(28-35)62(2)61-52(39)65-25-20-45(67)60-53(65)69/h3-15,28-29,32,34,37,59,66H,16-27,30-31H2,1-2H3,(H2,58,68)(H,60,67,69). The molecule has 0 aliphatic carbocycles. The highest BCUT2D eigenvalue weighted by Crippen LogP contribution is 2.56. The summed E-state index contributed by atoms with van der Waals surface area (Å²) in [6.07, 6.45) is 4.07. The van der Waals surface area contributed by atoms with Gasteiger partial charge in [0.1, 0.15) is 18.2 Å². The summed E-state index contributed by atoms with van der Waals surface area (Å²) in [6, 6.07) is 28.5. The molecule has 370 valence electrons. The molecule has 10 rings (SSSR count). The lowest BCUT2D eigenvalue weighted by molar-refractivity contribution is -0.120. The van der Waals surface area contributed by atoms with Crippen molar-refractivity contribution in [1.29, 1.82) is 0 Å². The van der Waals surface area contributed by atoms with Crippen molar-refractivity contribution in [3.63, 3.8) is 0 Å². The molecule has 4 amide bonds. The van der Waals surface area contributed by atoms with Gasteiger partial charge in [-0.1, -0.05) is 67.1 Å². The topological polar surface area (TPSA) is 168 Å². The summed E-state index contributed by atoms with van der Waals surface area (Å²) in [4.78, 5) is 43.5. The molecule has 5 aromatic carbocycles. The summed E-state index contributed by atoms with van der Waals surface area (Å²) in [6.45, 7) is 6.52. The Kier molecular flexibility index (Phi) is 13.5. The van der Waals surface area contributed by atoms with Gasteiger partial charge in [-0.2, -0.15) is 5.10 Å². The second-order valence-electron chi connectivity index (χ2n) is 19.1. The van der Waals surface area contributed by atoms with Gasteiger partial charge in [0.15, 0.2) is 23.0 Å². The number of hydrogen-bond donors (Lipinski definition) is 4. The molecular formula is C54H57ClF2N8O6. The predicted molar refractivity (Wildman–Crippen MR) is 268 cm³/mol. The highest BCUT2D eigenvalue weighted by atomic mass is 35.5. The third-order valence-electron chi connectivity index (χ3n) is 15.0. The first kappa shape index (κ1) is 48.1. The maximum atomic E-state index is 16.5. The minimum atomic E-state index is -1.06. The van der Waals surface area contributed by atoms with Crippen LogP contribution in [-0.2, 0) is 24.0 Å². The predicted octanol–water partition coefficient (Wildman–Crippen LogP) is 8.12. The van der Waals surface area contributed by atoms with E-state index in [9.17, 15) is 19.5 Å². The van der Waals surface area contributed by atoms with Crippen LogP contribution in [0.3, 0.4) is 0 Å². The van der Waals surface area contributed by atoms with Crippen molar-refractivity contribution < 1.29 is 37.7 Å². The van der Waals surface area contributed by atoms with Crippen LogP contribution in [0.15, 0.2) is 91.0 Å². The maximum absolute atomic E-state index is 16.5. The van der Waals surface area contributed by atoms with Crippen molar-refractivity contribution in [3.8, 4) is 22.6 Å². The van der Waals surface area contributed by atoms with Crippen LogP contribution in [0.25, 0.3) is 22.0 Å². The number of nitrogens with one attached hydrogen (secondary N) is 2. The third kappa shape index (κ3) is 9.18. The quantitative estimate of drug-likeness (QED) is 0.0837. The second-order valence-corrected chi connectivity index (χ2v) is 19.5. The zero-order valence-electron chi connectivity index (χ0n) is 39.7. The van der Waals surface area contributed by atoms with Crippen LogP contribution in [0.2, 0.25) is 5.02 Å². The van der Waals surface area contributed by atoms with Gasteiger partial charge in [-0.3, -0.25) is 29.4 Å². The molecule has 5 N–H and O–H groups in total. The normalized spacial score (nSPS) is 20.1. The molecule has 3 fully saturated rings. The SMILES string of the molecule is CC1c2c(cc(F)c(Cl)c2-c2c(C(N)=O)ccc(OCCO)c2F)OC1(CNC1CCN(Cc2ccc(N3CCC(c4ccc5c(N6CCC(=O)NC6=O)nn(C)c5c4)CC3)cc2)CC1)c1ccccc1. The van der Waals surface area contributed by atoms with Crippen LogP contribution >= 0.6 is 11.6 Å². The fourth-order valence-corrected chi connectivity index (χ4v) is 11.3. The van der Waals surface area contributed by atoms with Crippen LogP contribution in [-0.4, -0.2) is 96.2 Å². The van der Waals surface area contributed by atoms with Gasteiger partial charge in [-0.15, -0.1) is 0 Å². The molecule has 6 aromatic rings. The lowest BCUT2D eigenvalue weighted by Crippen LogP contribution is -2.50. The summed E-state index contributed by atoms with van der Waals surface area (Å²) >= 11 is 6.73. The maximum Gasteiger partial charge on any atom is 0.329 e. The second kappa shape index (κ2) is 19.9. The number of nitrogens with two attached hydrogens (primary N) is 1. The van der Waals surface area contributed by atoms with E-state index in [1.165, 1.54) is 35.0 Å². The van der Waals surface area contributed by atoms with Crippen molar-refractivity contribution in [2.45, 2.75) is 69.1 Å². The van der Waals surface area contributed by atoms with E-state index in [1.54, 1.807) is 4.90 Å². The van der Waals surface area contributed by atoms with E-state index in [0.717, 1.165) is 74.9 Å². The third-order valence-corrected chi connectivity index (χ3v) is 15.3. The van der Waals surface area contributed by atoms with Gasteiger partial charge in [-0.05, 0) is 97.8 Å². The number of benzene rings is 5. The van der Waals surface area contributed by atoms with Crippen LogP contribution in [0.5, 0.6) is 11.5 Å². The van der Waals surface area contributed by atoms with Gasteiger partial charge in [0.05, 0.1) is 22.7 Å². The number of aromatic nitrogens is 2. The molecule has 4 aliphatic rings. The Hall–Kier alpha value is -6.59. The zero-order chi connectivity index (χ0) is 49.6. The molecule has 0 radical (unpaired) electrons. The number of aliphatic hydroxyl groups is 1. The van der Waals surface area contributed by atoms with Gasteiger partial charge in [0.25, 0.3) is 0 Å². The number of primary amides is 1. The Labute approximate surface area is 415 Å². The molecule has 0 saturated carbocycles. The molecule has 14 nitrogen and oxygen atoms in total. The van der Waals surface area contributed by atoms with E-state index in [1.807, 2.05) is 49.0 Å². The number of urea groups is 1. The van der Waals surface area contributed by atoms with Gasteiger partial charge >= 0.3 is 6.03 Å². The number of anilines is 2. The van der Waals surface area contributed by atoms with Gasteiger partial charge in [0.2, 0.25) is 11.8 Å². The number of imide groups is 1. The number of rotatable bonds is 14. The summed E-state index contributed by atoms with van der Waals surface area (Å²) in [5.41, 5.74) is 10.2. The van der Waals surface area contributed by atoms with Gasteiger partial charge in [0, 0.05) is 92.0 Å². The number of carbonyl (C=O) groups is 3. The molecule has 17 heteroatoms. The average Bonchev–Trinajstić information content (AvgIpc) is 3.86. The van der Waals surface area contributed by atoms with Crippen molar-refractivity contribution >= 4 is 51.9 Å². The molecule has 71 heavy (non-hydrogen) atoms. The first-order valence-electron chi connectivity index (χ1n) is 24.3. The lowest BCUT2D eigenvalue weighted by atomic mass is 9.77. The first-order valence-corrected chi connectivity index (χ1v) is 24.7. The van der Waals surface area contributed by atoms with Crippen LogP contribution in [0, 0.1) is 11.6 Å². The number of amides is 4. The monoisotopic (exact) mass is 986 g/mol. The fraction of sp³-hybridized carbons (Fsp3) is 0.370. The minimum Gasteiger partial charge on any atom is -0.488 e. The van der Waals surface area contributed by atoms with E-state index in [0.29, 0.717) is 30.4 Å². The summed E-state index contributed by atoms with van der Waals surface area (Å²) in [5, 5.41) is 20.7. The largest absolute Gasteiger partial charge is 0.488 e. The van der Waals surface area contributed by atoms with E-state index < -0.39 is 35.1 Å². The highest BCUT2D eigenvalue weighted by molar-refractivity contribution is 6.34. The van der Waals surface area contributed by atoms with E-state index in [-0.39, 0.29) is 64.8 Å². The Morgan fingerprint density at radius 3 is 2.41 bits per heavy atom. The smallest absolute Gasteiger partial charge is 0.329 e. The molecule has 4 aliphatic heterocycles. The van der Waals surface area contributed by atoms with Crippen molar-refractivity contribution in [2.75, 3.05) is 62.3 Å². The van der Waals surface area contributed by atoms with Crippen LogP contribution in [0.1, 0.15) is 83.5 Å². The lowest BCUT2D eigenvalue weighted by Gasteiger charge is -2.38. The molecule has 0 spiro atoms. The molecule has 2 atom stereocenters. The number of hydrogen-bond acceptors (Lipinski definition) is 10. The van der Waals surface area contributed by atoms with Crippen LogP contribution in [0.4, 0.5) is 25.1 Å². The molecule has 5 heterocycles. The molecule has 2 unspecified atom stereocenters. The highest BCUT2D eigenvalue weighted by Gasteiger charge is 2.50. The number of carbonyl (C=O) groups excluding carboxylic acids is 3. The number of aliphatic hydroxyl groups excluding tert-OH is 1. The van der Waals surface area contributed by atoms with Crippen molar-refractivity contribution in [3.05, 3.63) is 135 Å². The van der Waals surface area contributed by atoms with Gasteiger partial charge < -0.3 is 30.5 Å². The number of halogens is 3. The Balaban J connectivity index is 0.769. The number of aryl methyl sites for hydroxylation is 1. The van der Waals surface area contributed by atoms with Crippen molar-refractivity contribution in [2.24, 2.45) is 12.8 Å². The fourth-order valence-electron chi connectivity index (χ4n) is 11.1. The minimum absolute atomic E-state index is 0.0294. The Bertz CT molecular complexity index is 2990. The summed E-state index contributed by atoms with van der Waals surface area (Å²) < 4.78 is 46.4. The molecule has 3 saturated heterocycles. The zero-order valence-corrected chi connectivity index (χ0v) is 40.5. The molecule has 1 aromatic heterocycles. The summed E-state index contributed by atoms with van der Waals surface area (Å²) in [7, 11) is 1.89. The number of piperidine rings is 2. The Morgan fingerprint density at radius 2 is 1.70 bits per heavy atom. The molecular weight excluding hydrogens is 930 g/mol. The number of likely N-dealkylation sites (tertiary alicyclic amines) is 1. The van der Waals surface area contributed by atoms with E-state index in [2.05, 4.69) is 68.0 Å². The summed E-state index contributed by atoms with van der Waals surface area (Å²) in [5.74, 6) is -2.58. The first-order chi connectivity index (χ1) is 34.3. The average molecular weight is 988 g/mol. The van der Waals surface area contributed by atoms with Gasteiger partial charge in [-0.25, -0.2) is 13.6 Å². The number of fused-ring (bicyclic) bond motifs is 2. The Morgan fingerprint density at radius 1 is 0.958 bits per heavy atom. The van der Waals surface area contributed by atoms with E-state index >= 15 is 8.78 Å². The number of ether oxygens (including phenoxy) is 2. The van der Waals surface area contributed by atoms with Crippen LogP contribution < -0.4 is 35.6 Å². The molecule has 0 bridgehead atoms.